The zero-order chi connectivity index (χ0) is 15.2. The van der Waals surface area contributed by atoms with Crippen LogP contribution < -0.4 is 0 Å². The molecule has 0 saturated heterocycles. The highest BCUT2D eigenvalue weighted by Gasteiger charge is 2.44. The highest BCUT2D eigenvalue weighted by atomic mass is 28.5. The van der Waals surface area contributed by atoms with Gasteiger partial charge in [-0.2, -0.15) is 0 Å². The molecule has 0 rings (SSSR count). The quantitative estimate of drug-likeness (QED) is 0.432. The summed E-state index contributed by atoms with van der Waals surface area (Å²) in [4.78, 5) is 10.2. The van der Waals surface area contributed by atoms with E-state index in [-0.39, 0.29) is 25.9 Å². The molecule has 0 radical (unpaired) electrons. The molecule has 0 heterocycles. The molecule has 6 nitrogen and oxygen atoms in total. The Bertz CT molecular complexity index is 242. The number of aliphatic hydroxyl groups excluding tert-OH is 3. The third-order valence-corrected chi connectivity index (χ3v) is 13.9. The van der Waals surface area contributed by atoms with Gasteiger partial charge in [0, 0.05) is 31.9 Å². The van der Waals surface area contributed by atoms with Crippen LogP contribution in [0.2, 0.25) is 44.3 Å². The lowest BCUT2D eigenvalue weighted by molar-refractivity contribution is 0.258. The number of hydrogen-bond donors (Lipinski definition) is 4. The average Bonchev–Trinajstić information content (AvgIpc) is 2.13. The summed E-state index contributed by atoms with van der Waals surface area (Å²) in [5.41, 5.74) is 0. The molecule has 116 valence electrons. The Hall–Kier alpha value is 0.411. The molecule has 0 aliphatic heterocycles. The van der Waals surface area contributed by atoms with Gasteiger partial charge in [-0.15, -0.1) is 0 Å². The van der Waals surface area contributed by atoms with E-state index in [0.717, 1.165) is 0 Å². The van der Waals surface area contributed by atoms with Crippen LogP contribution in [0.4, 0.5) is 0 Å². The van der Waals surface area contributed by atoms with Crippen molar-refractivity contribution in [3.05, 3.63) is 0 Å². The van der Waals surface area contributed by atoms with Crippen LogP contribution >= 0.6 is 0 Å². The summed E-state index contributed by atoms with van der Waals surface area (Å²) in [5, 5.41) is 27.2. The third-order valence-electron chi connectivity index (χ3n) is 2.78. The molecule has 0 saturated carbocycles. The molecule has 0 aromatic carbocycles. The van der Waals surface area contributed by atoms with Crippen molar-refractivity contribution in [2.45, 2.75) is 44.3 Å². The summed E-state index contributed by atoms with van der Waals surface area (Å²) in [6.07, 6.45) is 0. The summed E-state index contributed by atoms with van der Waals surface area (Å²) in [5.74, 6) is 0. The highest BCUT2D eigenvalue weighted by Crippen LogP contribution is 2.26. The van der Waals surface area contributed by atoms with E-state index in [0.29, 0.717) is 12.1 Å². The first-order valence-corrected chi connectivity index (χ1v) is 14.8. The SMILES string of the molecule is C[Si](C)(CCO)O[Si](C)(CCO)O[Si](C)(O)CCO. The van der Waals surface area contributed by atoms with Crippen molar-refractivity contribution in [3.8, 4) is 0 Å². The molecule has 0 aliphatic rings. The largest absolute Gasteiger partial charge is 0.436 e. The van der Waals surface area contributed by atoms with Crippen molar-refractivity contribution in [1.82, 2.24) is 0 Å². The minimum Gasteiger partial charge on any atom is -0.436 e. The molecule has 2 atom stereocenters. The van der Waals surface area contributed by atoms with Crippen molar-refractivity contribution in [3.63, 3.8) is 0 Å². The fourth-order valence-corrected chi connectivity index (χ4v) is 13.9. The van der Waals surface area contributed by atoms with Gasteiger partial charge in [0.05, 0.1) is 0 Å². The van der Waals surface area contributed by atoms with Gasteiger partial charge in [0.25, 0.3) is 0 Å². The van der Waals surface area contributed by atoms with E-state index in [4.69, 9.17) is 18.4 Å². The zero-order valence-electron chi connectivity index (χ0n) is 12.3. The standard InChI is InChI=1S/C10H28O6Si3/c1-17(2,8-5-11)15-19(4,10-7-13)16-18(3,14)9-6-12/h11-14H,5-10H2,1-4H3. The van der Waals surface area contributed by atoms with E-state index in [1.807, 2.05) is 19.6 Å². The van der Waals surface area contributed by atoms with E-state index in [1.165, 1.54) is 0 Å². The Kier molecular flexibility index (Phi) is 8.17. The van der Waals surface area contributed by atoms with E-state index in [1.54, 1.807) is 6.55 Å². The molecule has 0 aromatic heterocycles. The molecule has 0 amide bonds. The van der Waals surface area contributed by atoms with Gasteiger partial charge in [-0.25, -0.2) is 0 Å². The second kappa shape index (κ2) is 8.00. The third kappa shape index (κ3) is 8.32. The first-order chi connectivity index (χ1) is 8.60. The van der Waals surface area contributed by atoms with Crippen LogP contribution in [-0.2, 0) is 8.23 Å². The van der Waals surface area contributed by atoms with Crippen LogP contribution in [-0.4, -0.2) is 65.4 Å². The number of hydrogen-bond acceptors (Lipinski definition) is 6. The van der Waals surface area contributed by atoms with Crippen LogP contribution in [0, 0.1) is 0 Å². The fourth-order valence-electron chi connectivity index (χ4n) is 1.95. The lowest BCUT2D eigenvalue weighted by atomic mass is 10.9. The summed E-state index contributed by atoms with van der Waals surface area (Å²) in [7, 11) is -7.73. The second-order valence-corrected chi connectivity index (χ2v) is 17.0. The van der Waals surface area contributed by atoms with Crippen molar-refractivity contribution in [2.75, 3.05) is 19.8 Å². The molecule has 0 aliphatic carbocycles. The zero-order valence-corrected chi connectivity index (χ0v) is 15.3. The monoisotopic (exact) mass is 328 g/mol. The van der Waals surface area contributed by atoms with Gasteiger partial charge >= 0.3 is 17.1 Å². The van der Waals surface area contributed by atoms with E-state index >= 15 is 0 Å². The Balaban J connectivity index is 4.84. The minimum atomic E-state index is -2.96. The topological polar surface area (TPSA) is 99.4 Å². The van der Waals surface area contributed by atoms with Gasteiger partial charge in [-0.05, 0) is 32.2 Å². The molecule has 4 N–H and O–H groups in total. The lowest BCUT2D eigenvalue weighted by Crippen LogP contribution is -2.56. The Labute approximate surface area is 118 Å². The molecule has 0 fully saturated rings. The first kappa shape index (κ1) is 19.4. The molecular formula is C10H28O6Si3. The van der Waals surface area contributed by atoms with Gasteiger partial charge in [0.2, 0.25) is 0 Å². The molecule has 0 spiro atoms. The van der Waals surface area contributed by atoms with E-state index < -0.39 is 25.4 Å². The predicted molar refractivity (Wildman–Crippen MR) is 80.8 cm³/mol. The van der Waals surface area contributed by atoms with Crippen LogP contribution in [0.1, 0.15) is 0 Å². The summed E-state index contributed by atoms with van der Waals surface area (Å²) >= 11 is 0. The summed E-state index contributed by atoms with van der Waals surface area (Å²) in [6, 6.07) is 1.20. The Morgan fingerprint density at radius 1 is 0.737 bits per heavy atom. The van der Waals surface area contributed by atoms with Crippen LogP contribution in [0.25, 0.3) is 0 Å². The van der Waals surface area contributed by atoms with E-state index in [2.05, 4.69) is 0 Å². The van der Waals surface area contributed by atoms with Gasteiger partial charge in [0.15, 0.2) is 8.32 Å². The van der Waals surface area contributed by atoms with Crippen LogP contribution in [0.5, 0.6) is 0 Å². The Morgan fingerprint density at radius 2 is 1.21 bits per heavy atom. The predicted octanol–water partition coefficient (Wildman–Crippen LogP) is 0.338. The summed E-state index contributed by atoms with van der Waals surface area (Å²) < 4.78 is 11.9. The maximum Gasteiger partial charge on any atom is 0.325 e. The van der Waals surface area contributed by atoms with Crippen molar-refractivity contribution in [1.29, 1.82) is 0 Å². The first-order valence-electron chi connectivity index (χ1n) is 6.55. The number of aliphatic hydroxyl groups is 3. The van der Waals surface area contributed by atoms with Crippen LogP contribution in [0.15, 0.2) is 0 Å². The van der Waals surface area contributed by atoms with Gasteiger partial charge < -0.3 is 28.3 Å². The second-order valence-electron chi connectivity index (χ2n) is 5.69. The van der Waals surface area contributed by atoms with E-state index in [9.17, 15) is 9.90 Å². The maximum atomic E-state index is 10.2. The van der Waals surface area contributed by atoms with Crippen molar-refractivity contribution < 1.29 is 28.3 Å². The number of rotatable bonds is 10. The molecule has 19 heavy (non-hydrogen) atoms. The molecule has 0 aromatic rings. The minimum absolute atomic E-state index is 0.0596. The molecular weight excluding hydrogens is 300 g/mol. The van der Waals surface area contributed by atoms with Gasteiger partial charge in [-0.3, -0.25) is 0 Å². The maximum absolute atomic E-state index is 10.2. The van der Waals surface area contributed by atoms with Crippen molar-refractivity contribution >= 4 is 25.4 Å². The van der Waals surface area contributed by atoms with Crippen molar-refractivity contribution in [2.24, 2.45) is 0 Å². The normalized spacial score (nSPS) is 18.9. The lowest BCUT2D eigenvalue weighted by Gasteiger charge is -2.39. The fraction of sp³-hybridized carbons (Fsp3) is 1.00. The van der Waals surface area contributed by atoms with Gasteiger partial charge in [-0.1, -0.05) is 0 Å². The van der Waals surface area contributed by atoms with Gasteiger partial charge in [0.1, 0.15) is 0 Å². The highest BCUT2D eigenvalue weighted by molar-refractivity contribution is 6.87. The van der Waals surface area contributed by atoms with Crippen LogP contribution in [0.3, 0.4) is 0 Å². The molecule has 0 bridgehead atoms. The summed E-state index contributed by atoms with van der Waals surface area (Å²) in [6.45, 7) is 7.29. The smallest absolute Gasteiger partial charge is 0.325 e. The molecule has 2 unspecified atom stereocenters. The Morgan fingerprint density at radius 3 is 1.63 bits per heavy atom. The average molecular weight is 329 g/mol. The molecule has 9 heteroatoms.